The predicted molar refractivity (Wildman–Crippen MR) is 102 cm³/mol. The number of nitrogens with zero attached hydrogens (tertiary/aromatic N) is 3. The van der Waals surface area contributed by atoms with Crippen LogP contribution in [-0.4, -0.2) is 53.4 Å². The summed E-state index contributed by atoms with van der Waals surface area (Å²) in [5.41, 5.74) is 3.14. The van der Waals surface area contributed by atoms with Gasteiger partial charge in [-0.05, 0) is 26.2 Å². The van der Waals surface area contributed by atoms with Gasteiger partial charge in [-0.2, -0.15) is 0 Å². The number of rotatable bonds is 11. The lowest BCUT2D eigenvalue weighted by Crippen LogP contribution is -2.39. The fraction of sp³-hybridized carbons (Fsp3) is 0.550. The third kappa shape index (κ3) is 6.45. The van der Waals surface area contributed by atoms with Crippen LogP contribution in [0.4, 0.5) is 0 Å². The molecule has 1 aliphatic rings. The molecule has 0 unspecified atom stereocenters. The Kier molecular flexibility index (Phi) is 7.36. The van der Waals surface area contributed by atoms with Crippen molar-refractivity contribution in [3.05, 3.63) is 36.0 Å². The lowest BCUT2D eigenvalue weighted by atomic mass is 9.93. The maximum absolute atomic E-state index is 11.6. The van der Waals surface area contributed by atoms with E-state index in [0.29, 0.717) is 45.4 Å². The van der Waals surface area contributed by atoms with Gasteiger partial charge in [0, 0.05) is 18.0 Å². The number of nitrogens with one attached hydrogen (secondary N) is 1. The van der Waals surface area contributed by atoms with Crippen molar-refractivity contribution in [3.8, 4) is 11.3 Å². The summed E-state index contributed by atoms with van der Waals surface area (Å²) in [6, 6.07) is 8.61. The molecule has 1 aromatic heterocycles. The van der Waals surface area contributed by atoms with Gasteiger partial charge in [0.15, 0.2) is 0 Å². The summed E-state index contributed by atoms with van der Waals surface area (Å²) < 4.78 is 12.8. The summed E-state index contributed by atoms with van der Waals surface area (Å²) in [7, 11) is 0. The van der Waals surface area contributed by atoms with Gasteiger partial charge in [0.05, 0.1) is 39.2 Å². The summed E-state index contributed by atoms with van der Waals surface area (Å²) >= 11 is 0. The molecule has 1 saturated carbocycles. The van der Waals surface area contributed by atoms with Crippen LogP contribution in [-0.2, 0) is 20.8 Å². The third-order valence-electron chi connectivity index (χ3n) is 4.67. The van der Waals surface area contributed by atoms with Gasteiger partial charge in [0.1, 0.15) is 5.69 Å². The number of benzene rings is 1. The Labute approximate surface area is 160 Å². The van der Waals surface area contributed by atoms with Gasteiger partial charge in [-0.3, -0.25) is 4.79 Å². The average molecular weight is 372 g/mol. The molecule has 3 rings (SSSR count). The maximum Gasteiger partial charge on any atom is 0.222 e. The SMILES string of the molecule is Cc1ccc(-c2cn(CCOCCOCCC(=O)NC3CCC3)nn2)cc1. The molecule has 2 aromatic rings. The zero-order valence-electron chi connectivity index (χ0n) is 15.9. The van der Waals surface area contributed by atoms with Crippen LogP contribution in [0.5, 0.6) is 0 Å². The molecular weight excluding hydrogens is 344 g/mol. The molecule has 1 aliphatic carbocycles. The highest BCUT2D eigenvalue weighted by Gasteiger charge is 2.18. The second-order valence-corrected chi connectivity index (χ2v) is 6.90. The van der Waals surface area contributed by atoms with Gasteiger partial charge < -0.3 is 14.8 Å². The molecule has 0 atom stereocenters. The first kappa shape index (κ1) is 19.5. The van der Waals surface area contributed by atoms with E-state index < -0.39 is 0 Å². The van der Waals surface area contributed by atoms with Crippen LogP contribution >= 0.6 is 0 Å². The van der Waals surface area contributed by atoms with Gasteiger partial charge in [0.25, 0.3) is 0 Å². The van der Waals surface area contributed by atoms with Gasteiger partial charge in [-0.15, -0.1) is 5.10 Å². The fourth-order valence-corrected chi connectivity index (χ4v) is 2.76. The highest BCUT2D eigenvalue weighted by molar-refractivity contribution is 5.76. The van der Waals surface area contributed by atoms with Crippen molar-refractivity contribution in [1.29, 1.82) is 0 Å². The standard InChI is InChI=1S/C20H28N4O3/c1-16-5-7-17(8-6-16)19-15-24(23-22-19)10-12-27-14-13-26-11-9-20(25)21-18-3-2-4-18/h5-8,15,18H,2-4,9-14H2,1H3,(H,21,25). The van der Waals surface area contributed by atoms with E-state index in [4.69, 9.17) is 9.47 Å². The summed E-state index contributed by atoms with van der Waals surface area (Å²) in [5.74, 6) is 0.0798. The lowest BCUT2D eigenvalue weighted by Gasteiger charge is -2.26. The first-order chi connectivity index (χ1) is 13.2. The molecule has 0 spiro atoms. The molecule has 1 amide bonds. The number of carbonyl (C=O) groups excluding carboxylic acids is 1. The summed E-state index contributed by atoms with van der Waals surface area (Å²) in [5, 5.41) is 11.3. The van der Waals surface area contributed by atoms with E-state index in [0.717, 1.165) is 24.1 Å². The topological polar surface area (TPSA) is 78.3 Å². The second-order valence-electron chi connectivity index (χ2n) is 6.90. The van der Waals surface area contributed by atoms with E-state index in [9.17, 15) is 4.79 Å². The van der Waals surface area contributed by atoms with Crippen molar-refractivity contribution in [3.63, 3.8) is 0 Å². The van der Waals surface area contributed by atoms with Gasteiger partial charge >= 0.3 is 0 Å². The number of hydrogen-bond donors (Lipinski definition) is 1. The largest absolute Gasteiger partial charge is 0.379 e. The smallest absolute Gasteiger partial charge is 0.222 e. The van der Waals surface area contributed by atoms with Crippen LogP contribution in [0.1, 0.15) is 31.2 Å². The van der Waals surface area contributed by atoms with Crippen LogP contribution < -0.4 is 5.32 Å². The fourth-order valence-electron chi connectivity index (χ4n) is 2.76. The second kappa shape index (κ2) is 10.2. The first-order valence-electron chi connectivity index (χ1n) is 9.63. The first-order valence-corrected chi connectivity index (χ1v) is 9.63. The molecule has 0 saturated heterocycles. The molecule has 1 N–H and O–H groups in total. The van der Waals surface area contributed by atoms with Crippen molar-refractivity contribution < 1.29 is 14.3 Å². The van der Waals surface area contributed by atoms with Crippen LogP contribution in [0.3, 0.4) is 0 Å². The average Bonchev–Trinajstić information content (AvgIpc) is 3.10. The van der Waals surface area contributed by atoms with Gasteiger partial charge in [0.2, 0.25) is 5.91 Å². The highest BCUT2D eigenvalue weighted by atomic mass is 16.5. The van der Waals surface area contributed by atoms with Crippen molar-refractivity contribution in [1.82, 2.24) is 20.3 Å². The highest BCUT2D eigenvalue weighted by Crippen LogP contribution is 2.18. The van der Waals surface area contributed by atoms with Crippen molar-refractivity contribution in [2.24, 2.45) is 0 Å². The third-order valence-corrected chi connectivity index (χ3v) is 4.67. The Morgan fingerprint density at radius 3 is 2.59 bits per heavy atom. The Morgan fingerprint density at radius 1 is 1.15 bits per heavy atom. The van der Waals surface area contributed by atoms with E-state index >= 15 is 0 Å². The number of hydrogen-bond acceptors (Lipinski definition) is 5. The molecular formula is C20H28N4O3. The number of amides is 1. The summed E-state index contributed by atoms with van der Waals surface area (Å²) in [4.78, 5) is 11.6. The molecule has 27 heavy (non-hydrogen) atoms. The molecule has 7 heteroatoms. The molecule has 146 valence electrons. The Morgan fingerprint density at radius 2 is 1.89 bits per heavy atom. The number of carbonyl (C=O) groups is 1. The quantitative estimate of drug-likeness (QED) is 0.613. The minimum absolute atomic E-state index is 0.0798. The Hall–Kier alpha value is -2.25. The minimum atomic E-state index is 0.0798. The normalized spacial score (nSPS) is 14.1. The Bertz CT molecular complexity index is 710. The van der Waals surface area contributed by atoms with E-state index in [2.05, 4.69) is 34.7 Å². The lowest BCUT2D eigenvalue weighted by molar-refractivity contribution is -0.123. The molecule has 1 aromatic carbocycles. The zero-order chi connectivity index (χ0) is 18.9. The van der Waals surface area contributed by atoms with Crippen LogP contribution in [0.2, 0.25) is 0 Å². The van der Waals surface area contributed by atoms with Crippen molar-refractivity contribution >= 4 is 5.91 Å². The molecule has 0 bridgehead atoms. The van der Waals surface area contributed by atoms with Gasteiger partial charge in [-0.1, -0.05) is 35.0 Å². The minimum Gasteiger partial charge on any atom is -0.379 e. The van der Waals surface area contributed by atoms with Crippen LogP contribution in [0.25, 0.3) is 11.3 Å². The zero-order valence-corrected chi connectivity index (χ0v) is 15.9. The maximum atomic E-state index is 11.6. The van der Waals surface area contributed by atoms with E-state index in [1.54, 1.807) is 4.68 Å². The van der Waals surface area contributed by atoms with Crippen molar-refractivity contribution in [2.45, 2.75) is 45.2 Å². The van der Waals surface area contributed by atoms with Crippen LogP contribution in [0, 0.1) is 6.92 Å². The summed E-state index contributed by atoms with van der Waals surface area (Å²) in [6.45, 7) is 4.67. The Balaban J connectivity index is 1.22. The predicted octanol–water partition coefficient (Wildman–Crippen LogP) is 2.35. The molecule has 1 heterocycles. The molecule has 1 fully saturated rings. The van der Waals surface area contributed by atoms with Crippen molar-refractivity contribution in [2.75, 3.05) is 26.4 Å². The number of aromatic nitrogens is 3. The van der Waals surface area contributed by atoms with E-state index in [-0.39, 0.29) is 5.91 Å². The number of ether oxygens (including phenoxy) is 2. The summed E-state index contributed by atoms with van der Waals surface area (Å²) in [6.07, 6.45) is 5.78. The van der Waals surface area contributed by atoms with Gasteiger partial charge in [-0.25, -0.2) is 4.68 Å². The molecule has 0 radical (unpaired) electrons. The monoisotopic (exact) mass is 372 g/mol. The molecule has 7 nitrogen and oxygen atoms in total. The van der Waals surface area contributed by atoms with E-state index in [1.165, 1.54) is 12.0 Å². The number of aryl methyl sites for hydroxylation is 1. The van der Waals surface area contributed by atoms with Crippen LogP contribution in [0.15, 0.2) is 30.5 Å². The van der Waals surface area contributed by atoms with E-state index in [1.807, 2.05) is 18.3 Å². The molecule has 0 aliphatic heterocycles.